The lowest BCUT2D eigenvalue weighted by atomic mass is 9.99. The first-order valence-electron chi connectivity index (χ1n) is 6.88. The lowest BCUT2D eigenvalue weighted by molar-refractivity contribution is 0.496. The second-order valence-corrected chi connectivity index (χ2v) is 6.72. The highest BCUT2D eigenvalue weighted by Crippen LogP contribution is 2.25. The van der Waals surface area contributed by atoms with E-state index in [2.05, 4.69) is 49.1 Å². The van der Waals surface area contributed by atoms with Crippen LogP contribution in [-0.2, 0) is 6.42 Å². The molecule has 2 nitrogen and oxygen atoms in total. The number of nitrogens with one attached hydrogen (secondary N) is 1. The smallest absolute Gasteiger partial charge is 0.129 e. The summed E-state index contributed by atoms with van der Waals surface area (Å²) in [6.45, 7) is 2.95. The molecule has 0 saturated heterocycles. The average Bonchev–Trinajstić information content (AvgIpc) is 2.44. The van der Waals surface area contributed by atoms with E-state index in [9.17, 15) is 4.39 Å². The molecular formula is C16H17Br2FN2. The van der Waals surface area contributed by atoms with Crippen LogP contribution >= 0.6 is 31.9 Å². The lowest BCUT2D eigenvalue weighted by Crippen LogP contribution is -2.25. The zero-order valence-electron chi connectivity index (χ0n) is 11.7. The van der Waals surface area contributed by atoms with Crippen molar-refractivity contribution in [3.63, 3.8) is 0 Å². The van der Waals surface area contributed by atoms with Gasteiger partial charge in [-0.3, -0.25) is 4.98 Å². The summed E-state index contributed by atoms with van der Waals surface area (Å²) in [4.78, 5) is 4.17. The van der Waals surface area contributed by atoms with Crippen LogP contribution in [0.2, 0.25) is 0 Å². The topological polar surface area (TPSA) is 24.9 Å². The molecule has 1 atom stereocenters. The molecule has 0 aliphatic heterocycles. The zero-order valence-corrected chi connectivity index (χ0v) is 14.9. The van der Waals surface area contributed by atoms with Crippen molar-refractivity contribution >= 4 is 31.9 Å². The molecule has 0 aliphatic rings. The largest absolute Gasteiger partial charge is 0.310 e. The zero-order chi connectivity index (χ0) is 15.2. The second-order valence-electron chi connectivity index (χ2n) is 4.89. The van der Waals surface area contributed by atoms with E-state index in [1.165, 1.54) is 6.07 Å². The molecule has 1 heterocycles. The average molecular weight is 416 g/mol. The Morgan fingerprint density at radius 3 is 2.67 bits per heavy atom. The molecule has 0 saturated carbocycles. The third-order valence-electron chi connectivity index (χ3n) is 3.18. The molecule has 2 rings (SSSR count). The number of benzene rings is 1. The van der Waals surface area contributed by atoms with Crippen LogP contribution in [0.15, 0.2) is 45.6 Å². The van der Waals surface area contributed by atoms with Crippen LogP contribution in [0.25, 0.3) is 0 Å². The minimum atomic E-state index is -0.194. The maximum atomic E-state index is 14.2. The number of pyridine rings is 1. The van der Waals surface area contributed by atoms with E-state index in [1.807, 2.05) is 24.4 Å². The third kappa shape index (κ3) is 4.87. The van der Waals surface area contributed by atoms with Gasteiger partial charge < -0.3 is 5.32 Å². The van der Waals surface area contributed by atoms with Crippen LogP contribution in [0, 0.1) is 5.82 Å². The van der Waals surface area contributed by atoms with Crippen LogP contribution in [0.4, 0.5) is 4.39 Å². The summed E-state index contributed by atoms with van der Waals surface area (Å²) in [6, 6.07) is 7.17. The van der Waals surface area contributed by atoms with Crippen molar-refractivity contribution in [3.8, 4) is 0 Å². The summed E-state index contributed by atoms with van der Waals surface area (Å²) in [5.41, 5.74) is 1.76. The molecule has 0 aliphatic carbocycles. The summed E-state index contributed by atoms with van der Waals surface area (Å²) in [6.07, 6.45) is 5.27. The first-order chi connectivity index (χ1) is 10.1. The highest BCUT2D eigenvalue weighted by molar-refractivity contribution is 9.10. The number of rotatable bonds is 6. The molecule has 112 valence electrons. The van der Waals surface area contributed by atoms with Crippen molar-refractivity contribution in [1.29, 1.82) is 0 Å². The molecule has 5 heteroatoms. The van der Waals surface area contributed by atoms with Gasteiger partial charge in [-0.15, -0.1) is 0 Å². The van der Waals surface area contributed by atoms with Crippen LogP contribution in [-0.4, -0.2) is 11.5 Å². The fraction of sp³-hybridized carbons (Fsp3) is 0.312. The Kier molecular flexibility index (Phi) is 6.33. The monoisotopic (exact) mass is 414 g/mol. The molecule has 1 aromatic carbocycles. The summed E-state index contributed by atoms with van der Waals surface area (Å²) in [5, 5.41) is 3.42. The Morgan fingerprint density at radius 2 is 2.00 bits per heavy atom. The molecule has 0 bridgehead atoms. The van der Waals surface area contributed by atoms with Crippen molar-refractivity contribution in [3.05, 3.63) is 62.5 Å². The summed E-state index contributed by atoms with van der Waals surface area (Å²) >= 11 is 6.72. The van der Waals surface area contributed by atoms with Gasteiger partial charge in [0.1, 0.15) is 5.82 Å². The van der Waals surface area contributed by atoms with E-state index < -0.39 is 0 Å². The quantitative estimate of drug-likeness (QED) is 0.715. The van der Waals surface area contributed by atoms with Crippen LogP contribution < -0.4 is 5.32 Å². The van der Waals surface area contributed by atoms with Crippen molar-refractivity contribution in [2.45, 2.75) is 25.8 Å². The molecular weight excluding hydrogens is 399 g/mol. The van der Waals surface area contributed by atoms with E-state index in [0.29, 0.717) is 12.0 Å². The van der Waals surface area contributed by atoms with Crippen molar-refractivity contribution in [2.75, 3.05) is 6.54 Å². The Morgan fingerprint density at radius 1 is 1.19 bits per heavy atom. The van der Waals surface area contributed by atoms with E-state index in [4.69, 9.17) is 0 Å². The van der Waals surface area contributed by atoms with Gasteiger partial charge in [0.05, 0.1) is 0 Å². The highest BCUT2D eigenvalue weighted by atomic mass is 79.9. The summed E-state index contributed by atoms with van der Waals surface area (Å²) in [7, 11) is 0. The van der Waals surface area contributed by atoms with Gasteiger partial charge >= 0.3 is 0 Å². The number of hydrogen-bond donors (Lipinski definition) is 1. The van der Waals surface area contributed by atoms with Crippen molar-refractivity contribution < 1.29 is 4.39 Å². The molecule has 1 unspecified atom stereocenters. The number of halogens is 3. The van der Waals surface area contributed by atoms with Gasteiger partial charge in [0, 0.05) is 32.9 Å². The molecule has 0 spiro atoms. The van der Waals surface area contributed by atoms with E-state index in [1.54, 1.807) is 6.20 Å². The Hall–Kier alpha value is -0.780. The van der Waals surface area contributed by atoms with E-state index >= 15 is 0 Å². The fourth-order valence-electron chi connectivity index (χ4n) is 2.20. The molecule has 1 N–H and O–H groups in total. The van der Waals surface area contributed by atoms with Gasteiger partial charge in [-0.2, -0.15) is 0 Å². The second kappa shape index (κ2) is 8.01. The van der Waals surface area contributed by atoms with Crippen molar-refractivity contribution in [2.24, 2.45) is 0 Å². The minimum Gasteiger partial charge on any atom is -0.310 e. The van der Waals surface area contributed by atoms with Crippen LogP contribution in [0.1, 0.15) is 30.5 Å². The molecule has 0 fully saturated rings. The van der Waals surface area contributed by atoms with Crippen LogP contribution in [0.5, 0.6) is 0 Å². The van der Waals surface area contributed by atoms with Crippen LogP contribution in [0.3, 0.4) is 0 Å². The number of aromatic nitrogens is 1. The first-order valence-corrected chi connectivity index (χ1v) is 8.46. The maximum absolute atomic E-state index is 14.2. The van der Waals surface area contributed by atoms with E-state index in [0.717, 1.165) is 27.5 Å². The summed E-state index contributed by atoms with van der Waals surface area (Å²) in [5.74, 6) is -0.194. The minimum absolute atomic E-state index is 0.0610. The van der Waals surface area contributed by atoms with Crippen molar-refractivity contribution in [1.82, 2.24) is 10.3 Å². The fourth-order valence-corrected chi connectivity index (χ4v) is 2.94. The van der Waals surface area contributed by atoms with Gasteiger partial charge in [-0.25, -0.2) is 4.39 Å². The predicted octanol–water partition coefficient (Wildman–Crippen LogP) is 5.03. The van der Waals surface area contributed by atoms with E-state index in [-0.39, 0.29) is 11.9 Å². The Labute approximate surface area is 141 Å². The first kappa shape index (κ1) is 16.6. The molecule has 2 aromatic rings. The van der Waals surface area contributed by atoms with Gasteiger partial charge in [-0.05, 0) is 59.1 Å². The maximum Gasteiger partial charge on any atom is 0.129 e. The van der Waals surface area contributed by atoms with Gasteiger partial charge in [0.25, 0.3) is 0 Å². The predicted molar refractivity (Wildman–Crippen MR) is 90.8 cm³/mol. The van der Waals surface area contributed by atoms with Gasteiger partial charge in [-0.1, -0.05) is 28.9 Å². The molecule has 0 radical (unpaired) electrons. The third-order valence-corrected chi connectivity index (χ3v) is 4.11. The number of hydrogen-bond acceptors (Lipinski definition) is 2. The molecule has 21 heavy (non-hydrogen) atoms. The van der Waals surface area contributed by atoms with Gasteiger partial charge in [0.2, 0.25) is 0 Å². The number of nitrogens with zero attached hydrogens (tertiary/aromatic N) is 1. The SMILES string of the molecule is CCCNC(Cc1cncc(Br)c1)c1ccc(Br)cc1F. The molecule has 0 amide bonds. The standard InChI is InChI=1S/C16H17Br2FN2/c1-2-5-21-16(7-11-6-13(18)10-20-9-11)14-4-3-12(17)8-15(14)19/h3-4,6,8-10,16,21H,2,5,7H2,1H3. The summed E-state index contributed by atoms with van der Waals surface area (Å²) < 4.78 is 15.9. The Bertz CT molecular complexity index is 605. The molecule has 1 aromatic heterocycles. The Balaban J connectivity index is 2.25. The lowest BCUT2D eigenvalue weighted by Gasteiger charge is -2.20. The normalized spacial score (nSPS) is 12.4. The highest BCUT2D eigenvalue weighted by Gasteiger charge is 2.16. The van der Waals surface area contributed by atoms with Gasteiger partial charge in [0.15, 0.2) is 0 Å².